The summed E-state index contributed by atoms with van der Waals surface area (Å²) in [6.07, 6.45) is 5.38. The van der Waals surface area contributed by atoms with Crippen LogP contribution >= 0.6 is 15.9 Å². The molecule has 0 saturated carbocycles. The summed E-state index contributed by atoms with van der Waals surface area (Å²) in [7, 11) is 1.51. The molecule has 1 aromatic carbocycles. The Balaban J connectivity index is 1.70. The molecule has 1 unspecified atom stereocenters. The highest BCUT2D eigenvalue weighted by Gasteiger charge is 2.77. The molecule has 0 radical (unpaired) electrons. The van der Waals surface area contributed by atoms with Crippen LogP contribution in [0.2, 0.25) is 0 Å². The van der Waals surface area contributed by atoms with Crippen LogP contribution in [0.4, 0.5) is 0 Å². The van der Waals surface area contributed by atoms with Crippen LogP contribution in [-0.4, -0.2) is 107 Å². The molecule has 3 aliphatic heterocycles. The van der Waals surface area contributed by atoms with Gasteiger partial charge in [0.05, 0.1) is 30.6 Å². The molecule has 8 atom stereocenters. The van der Waals surface area contributed by atoms with Gasteiger partial charge in [-0.3, -0.25) is 19.2 Å². The van der Waals surface area contributed by atoms with Crippen LogP contribution in [0.15, 0.2) is 55.6 Å². The van der Waals surface area contributed by atoms with Crippen molar-refractivity contribution in [2.45, 2.75) is 86.6 Å². The Labute approximate surface area is 292 Å². The molecule has 3 amide bonds. The van der Waals surface area contributed by atoms with Crippen molar-refractivity contribution in [3.05, 3.63) is 61.2 Å². The first-order chi connectivity index (χ1) is 23.2. The average Bonchev–Trinajstić information content (AvgIpc) is 3.67. The highest BCUT2D eigenvalue weighted by atomic mass is 79.9. The zero-order valence-electron chi connectivity index (χ0n) is 28.1. The van der Waals surface area contributed by atoms with Gasteiger partial charge in [-0.1, -0.05) is 71.8 Å². The quantitative estimate of drug-likeness (QED) is 0.0898. The van der Waals surface area contributed by atoms with E-state index in [2.05, 4.69) is 34.4 Å². The highest BCUT2D eigenvalue weighted by Crippen LogP contribution is 2.60. The summed E-state index contributed by atoms with van der Waals surface area (Å²) in [6.45, 7) is 10.7. The van der Waals surface area contributed by atoms with Gasteiger partial charge in [0.25, 0.3) is 0 Å². The zero-order chi connectivity index (χ0) is 34.8. The van der Waals surface area contributed by atoms with Crippen molar-refractivity contribution in [1.82, 2.24) is 15.1 Å². The number of nitrogens with zero attached hydrogens (tertiary/aromatic N) is 2. The van der Waals surface area contributed by atoms with Crippen LogP contribution in [0.3, 0.4) is 0 Å². The van der Waals surface area contributed by atoms with E-state index in [0.717, 1.165) is 12.8 Å². The highest BCUT2D eigenvalue weighted by molar-refractivity contribution is 9.09. The molecule has 3 fully saturated rings. The molecule has 12 heteroatoms. The number of hydrogen-bond donors (Lipinski definition) is 2. The zero-order valence-corrected chi connectivity index (χ0v) is 29.6. The molecule has 2 bridgehead atoms. The first-order valence-corrected chi connectivity index (χ1v) is 17.9. The number of benzene rings is 1. The van der Waals surface area contributed by atoms with Gasteiger partial charge in [0.2, 0.25) is 17.7 Å². The van der Waals surface area contributed by atoms with Gasteiger partial charge in [0, 0.05) is 44.6 Å². The Morgan fingerprint density at radius 2 is 1.96 bits per heavy atom. The average molecular weight is 733 g/mol. The van der Waals surface area contributed by atoms with Crippen molar-refractivity contribution in [2.24, 2.45) is 11.8 Å². The normalized spacial score (nSPS) is 26.9. The number of methoxy groups -OCH3 is 1. The maximum Gasteiger partial charge on any atom is 0.313 e. The molecular formula is C36H50BrN3O8. The minimum atomic E-state index is -1.24. The number of fused-ring (bicyclic) bond motifs is 1. The summed E-state index contributed by atoms with van der Waals surface area (Å²) in [4.78, 5) is 59.1. The van der Waals surface area contributed by atoms with Crippen molar-refractivity contribution >= 4 is 39.6 Å². The maximum absolute atomic E-state index is 14.4. The van der Waals surface area contributed by atoms with Gasteiger partial charge in [-0.2, -0.15) is 0 Å². The number of allylic oxidation sites excluding steroid dienone is 1. The number of aliphatic hydroxyl groups excluding tert-OH is 1. The molecule has 48 heavy (non-hydrogen) atoms. The van der Waals surface area contributed by atoms with Gasteiger partial charge in [0.15, 0.2) is 0 Å². The lowest BCUT2D eigenvalue weighted by Crippen LogP contribution is -2.57. The topological polar surface area (TPSA) is 135 Å². The molecule has 3 saturated heterocycles. The molecule has 264 valence electrons. The number of hydrogen-bond acceptors (Lipinski definition) is 8. The molecule has 0 aliphatic carbocycles. The standard InChI is InChI=1S/C36H50BrN3O8/c1-5-8-17-27(42)38-26(23-46-4)30(24-15-11-10-12-16-24)47-35(45)28-29-33(43)40(20-13-14-21-41)32(36(29)22-25(37)31(28)48-36)34(44)39(18-7-3)19-9-6-2/h5,7,10-12,15-16,25-26,28-32,41H,1,3,6,8-9,13-14,17-23H2,2,4H3,(H,38,42)/t25?,26-,28-,29+,30-,31-,32-,36+/m0/s1. The van der Waals surface area contributed by atoms with Gasteiger partial charge in [-0.15, -0.1) is 13.2 Å². The number of ether oxygens (including phenoxy) is 3. The molecule has 2 N–H and O–H groups in total. The van der Waals surface area contributed by atoms with Crippen molar-refractivity contribution in [3.8, 4) is 0 Å². The number of nitrogens with one attached hydrogen (secondary N) is 1. The van der Waals surface area contributed by atoms with Crippen LogP contribution in [0.1, 0.15) is 63.5 Å². The number of carbonyl (C=O) groups excluding carboxylic acids is 4. The first kappa shape index (κ1) is 37.8. The molecule has 0 aromatic heterocycles. The smallest absolute Gasteiger partial charge is 0.313 e. The second-order valence-electron chi connectivity index (χ2n) is 12.8. The fourth-order valence-electron chi connectivity index (χ4n) is 7.41. The van der Waals surface area contributed by atoms with Crippen LogP contribution in [0.5, 0.6) is 0 Å². The third-order valence-electron chi connectivity index (χ3n) is 9.55. The SMILES string of the molecule is C=CCCC(=O)N[C@@H](COC)[C@@H](OC(=O)[C@@H]1[C@H]2O[C@@]3(CC2Br)[C@H](C(=O)N(CC=C)CCCC)N(CCCCO)C(=O)[C@@H]13)c1ccccc1. The number of halogens is 1. The second-order valence-corrected chi connectivity index (χ2v) is 14.0. The van der Waals surface area contributed by atoms with Gasteiger partial charge in [-0.05, 0) is 37.7 Å². The van der Waals surface area contributed by atoms with Crippen molar-refractivity contribution in [1.29, 1.82) is 0 Å². The van der Waals surface area contributed by atoms with E-state index < -0.39 is 47.7 Å². The summed E-state index contributed by atoms with van der Waals surface area (Å²) in [5.41, 5.74) is -0.590. The molecule has 11 nitrogen and oxygen atoms in total. The van der Waals surface area contributed by atoms with Crippen LogP contribution in [-0.2, 0) is 33.4 Å². The van der Waals surface area contributed by atoms with Gasteiger partial charge in [0.1, 0.15) is 17.7 Å². The number of unbranched alkanes of at least 4 members (excludes halogenated alkanes) is 2. The molecule has 1 spiro atoms. The van der Waals surface area contributed by atoms with Crippen LogP contribution in [0.25, 0.3) is 0 Å². The van der Waals surface area contributed by atoms with E-state index in [0.29, 0.717) is 44.3 Å². The maximum atomic E-state index is 14.4. The summed E-state index contributed by atoms with van der Waals surface area (Å²) in [5, 5.41) is 12.4. The minimum absolute atomic E-state index is 0.0427. The lowest BCUT2D eigenvalue weighted by Gasteiger charge is -2.37. The summed E-state index contributed by atoms with van der Waals surface area (Å²) in [5.74, 6) is -3.38. The first-order valence-electron chi connectivity index (χ1n) is 17.0. The van der Waals surface area contributed by atoms with Gasteiger partial charge < -0.3 is 34.4 Å². The van der Waals surface area contributed by atoms with Gasteiger partial charge in [-0.25, -0.2) is 0 Å². The van der Waals surface area contributed by atoms with Crippen molar-refractivity contribution < 1.29 is 38.5 Å². The Kier molecular flexibility index (Phi) is 13.8. The van der Waals surface area contributed by atoms with E-state index >= 15 is 0 Å². The minimum Gasteiger partial charge on any atom is -0.455 e. The van der Waals surface area contributed by atoms with E-state index in [4.69, 9.17) is 14.2 Å². The monoisotopic (exact) mass is 731 g/mol. The molecular weight excluding hydrogens is 682 g/mol. The number of alkyl halides is 1. The van der Waals surface area contributed by atoms with E-state index in [1.165, 1.54) is 7.11 Å². The fraction of sp³-hybridized carbons (Fsp3) is 0.611. The number of likely N-dealkylation sites (tertiary alicyclic amines) is 1. The summed E-state index contributed by atoms with van der Waals surface area (Å²) < 4.78 is 18.4. The number of rotatable bonds is 20. The molecule has 4 rings (SSSR count). The summed E-state index contributed by atoms with van der Waals surface area (Å²) >= 11 is 3.73. The van der Waals surface area contributed by atoms with E-state index in [9.17, 15) is 24.3 Å². The number of aliphatic hydroxyl groups is 1. The number of carbonyl (C=O) groups is 4. The number of esters is 1. The largest absolute Gasteiger partial charge is 0.455 e. The van der Waals surface area contributed by atoms with Crippen molar-refractivity contribution in [2.75, 3.05) is 40.0 Å². The van der Waals surface area contributed by atoms with E-state index in [-0.39, 0.29) is 48.7 Å². The lowest BCUT2D eigenvalue weighted by atomic mass is 9.70. The van der Waals surface area contributed by atoms with Crippen LogP contribution in [0, 0.1) is 11.8 Å². The fourth-order valence-corrected chi connectivity index (χ4v) is 8.35. The molecule has 3 heterocycles. The lowest BCUT2D eigenvalue weighted by molar-refractivity contribution is -0.163. The third kappa shape index (κ3) is 7.87. The Bertz CT molecular complexity index is 1300. The Morgan fingerprint density at radius 3 is 2.60 bits per heavy atom. The Morgan fingerprint density at radius 1 is 1.21 bits per heavy atom. The number of amides is 3. The molecule has 3 aliphatic rings. The molecule has 1 aromatic rings. The van der Waals surface area contributed by atoms with Gasteiger partial charge >= 0.3 is 5.97 Å². The van der Waals surface area contributed by atoms with E-state index in [1.54, 1.807) is 22.0 Å². The van der Waals surface area contributed by atoms with Crippen molar-refractivity contribution in [3.63, 3.8) is 0 Å². The predicted molar refractivity (Wildman–Crippen MR) is 184 cm³/mol. The Hall–Kier alpha value is -3.06. The van der Waals surface area contributed by atoms with E-state index in [1.807, 2.05) is 37.3 Å². The van der Waals surface area contributed by atoms with Crippen LogP contribution < -0.4 is 5.32 Å². The third-order valence-corrected chi connectivity index (χ3v) is 10.4. The predicted octanol–water partition coefficient (Wildman–Crippen LogP) is 3.70. The summed E-state index contributed by atoms with van der Waals surface area (Å²) in [6, 6.07) is 7.44. The second kappa shape index (κ2) is 17.6.